The lowest BCUT2D eigenvalue weighted by Gasteiger charge is -2.17. The standard InChI is InChI=1S/C20H31NO4/c1-3-4-5-6-7-11-15-24-17-19(22)21(2)14-16-25-20(23)18-12-9-8-10-13-18/h8-10,12-13H,3-7,11,14-17H2,1-2H3. The Morgan fingerprint density at radius 3 is 2.36 bits per heavy atom. The number of carbonyl (C=O) groups is 2. The highest BCUT2D eigenvalue weighted by atomic mass is 16.5. The van der Waals surface area contributed by atoms with Crippen LogP contribution in [0, 0.1) is 0 Å². The highest BCUT2D eigenvalue weighted by Gasteiger charge is 2.10. The minimum absolute atomic E-state index is 0.0814. The maximum Gasteiger partial charge on any atom is 0.338 e. The van der Waals surface area contributed by atoms with Crippen molar-refractivity contribution in [2.45, 2.75) is 45.4 Å². The number of hydrogen-bond donors (Lipinski definition) is 0. The van der Waals surface area contributed by atoms with E-state index in [1.54, 1.807) is 31.3 Å². The van der Waals surface area contributed by atoms with E-state index in [9.17, 15) is 9.59 Å². The van der Waals surface area contributed by atoms with E-state index >= 15 is 0 Å². The van der Waals surface area contributed by atoms with Crippen molar-refractivity contribution in [1.82, 2.24) is 4.90 Å². The fraction of sp³-hybridized carbons (Fsp3) is 0.600. The Bertz CT molecular complexity index is 490. The second-order valence-electron chi connectivity index (χ2n) is 6.14. The van der Waals surface area contributed by atoms with E-state index in [4.69, 9.17) is 9.47 Å². The van der Waals surface area contributed by atoms with Crippen molar-refractivity contribution in [3.8, 4) is 0 Å². The molecule has 0 aliphatic heterocycles. The number of amides is 1. The Hall–Kier alpha value is -1.88. The molecule has 0 heterocycles. The Balaban J connectivity index is 2.05. The second kappa shape index (κ2) is 13.4. The third kappa shape index (κ3) is 9.87. The number of nitrogens with zero attached hydrogens (tertiary/aromatic N) is 1. The SMILES string of the molecule is CCCCCCCCOCC(=O)N(C)CCOC(=O)c1ccccc1. The predicted molar refractivity (Wildman–Crippen MR) is 98.6 cm³/mol. The van der Waals surface area contributed by atoms with Crippen LogP contribution in [0.3, 0.4) is 0 Å². The zero-order chi connectivity index (χ0) is 18.3. The third-order valence-corrected chi connectivity index (χ3v) is 3.96. The zero-order valence-corrected chi connectivity index (χ0v) is 15.5. The van der Waals surface area contributed by atoms with Gasteiger partial charge in [0.1, 0.15) is 13.2 Å². The Labute approximate surface area is 151 Å². The molecular formula is C20H31NO4. The van der Waals surface area contributed by atoms with Gasteiger partial charge in [0.15, 0.2) is 0 Å². The molecule has 1 aromatic rings. The topological polar surface area (TPSA) is 55.8 Å². The molecule has 0 fully saturated rings. The third-order valence-electron chi connectivity index (χ3n) is 3.96. The lowest BCUT2D eigenvalue weighted by Crippen LogP contribution is -2.33. The minimum Gasteiger partial charge on any atom is -0.460 e. The molecular weight excluding hydrogens is 318 g/mol. The van der Waals surface area contributed by atoms with E-state index in [0.29, 0.717) is 18.7 Å². The van der Waals surface area contributed by atoms with Gasteiger partial charge in [0.2, 0.25) is 5.91 Å². The lowest BCUT2D eigenvalue weighted by atomic mass is 10.1. The summed E-state index contributed by atoms with van der Waals surface area (Å²) >= 11 is 0. The molecule has 0 aliphatic rings. The molecule has 5 nitrogen and oxygen atoms in total. The Morgan fingerprint density at radius 2 is 1.64 bits per heavy atom. The van der Waals surface area contributed by atoms with Crippen molar-refractivity contribution >= 4 is 11.9 Å². The highest BCUT2D eigenvalue weighted by Crippen LogP contribution is 2.05. The summed E-state index contributed by atoms with van der Waals surface area (Å²) in [7, 11) is 1.69. The van der Waals surface area contributed by atoms with Crippen LogP contribution >= 0.6 is 0 Å². The fourth-order valence-corrected chi connectivity index (χ4v) is 2.31. The molecule has 1 amide bonds. The van der Waals surface area contributed by atoms with Gasteiger partial charge in [-0.1, -0.05) is 57.2 Å². The van der Waals surface area contributed by atoms with Crippen molar-refractivity contribution in [2.24, 2.45) is 0 Å². The molecule has 0 saturated heterocycles. The molecule has 0 aromatic heterocycles. The number of esters is 1. The van der Waals surface area contributed by atoms with Gasteiger partial charge < -0.3 is 14.4 Å². The summed E-state index contributed by atoms with van der Waals surface area (Å²) in [5, 5.41) is 0. The normalized spacial score (nSPS) is 10.5. The first kappa shape index (κ1) is 21.2. The van der Waals surface area contributed by atoms with Crippen LogP contribution in [0.4, 0.5) is 0 Å². The van der Waals surface area contributed by atoms with Crippen molar-refractivity contribution in [1.29, 1.82) is 0 Å². The van der Waals surface area contributed by atoms with Gasteiger partial charge in [-0.05, 0) is 18.6 Å². The van der Waals surface area contributed by atoms with E-state index in [-0.39, 0.29) is 25.1 Å². The van der Waals surface area contributed by atoms with E-state index in [1.165, 1.54) is 30.6 Å². The van der Waals surface area contributed by atoms with Crippen LogP contribution in [0.15, 0.2) is 30.3 Å². The lowest BCUT2D eigenvalue weighted by molar-refractivity contribution is -0.135. The van der Waals surface area contributed by atoms with Crippen LogP contribution in [-0.4, -0.2) is 50.2 Å². The summed E-state index contributed by atoms with van der Waals surface area (Å²) < 4.78 is 10.6. The molecule has 0 unspecified atom stereocenters. The van der Waals surface area contributed by atoms with E-state index in [0.717, 1.165) is 12.8 Å². The number of ether oxygens (including phenoxy) is 2. The molecule has 0 atom stereocenters. The summed E-state index contributed by atoms with van der Waals surface area (Å²) in [6.45, 7) is 3.44. The van der Waals surface area contributed by atoms with Crippen LogP contribution < -0.4 is 0 Å². The first-order valence-electron chi connectivity index (χ1n) is 9.19. The van der Waals surface area contributed by atoms with E-state index < -0.39 is 0 Å². The molecule has 25 heavy (non-hydrogen) atoms. The largest absolute Gasteiger partial charge is 0.460 e. The van der Waals surface area contributed by atoms with Gasteiger partial charge in [0, 0.05) is 13.7 Å². The molecule has 5 heteroatoms. The smallest absolute Gasteiger partial charge is 0.338 e. The zero-order valence-electron chi connectivity index (χ0n) is 15.5. The fourth-order valence-electron chi connectivity index (χ4n) is 2.31. The van der Waals surface area contributed by atoms with Crippen molar-refractivity contribution in [2.75, 3.05) is 33.4 Å². The second-order valence-corrected chi connectivity index (χ2v) is 6.14. The average molecular weight is 349 g/mol. The van der Waals surface area contributed by atoms with Crippen LogP contribution in [0.5, 0.6) is 0 Å². The van der Waals surface area contributed by atoms with Crippen LogP contribution in [0.2, 0.25) is 0 Å². The molecule has 1 aromatic carbocycles. The van der Waals surface area contributed by atoms with Gasteiger partial charge in [-0.3, -0.25) is 4.79 Å². The molecule has 1 rings (SSSR count). The highest BCUT2D eigenvalue weighted by molar-refractivity contribution is 5.89. The van der Waals surface area contributed by atoms with E-state index in [2.05, 4.69) is 6.92 Å². The summed E-state index contributed by atoms with van der Waals surface area (Å²) in [4.78, 5) is 25.2. The van der Waals surface area contributed by atoms with Gasteiger partial charge >= 0.3 is 5.97 Å². The Morgan fingerprint density at radius 1 is 0.960 bits per heavy atom. The maximum atomic E-state index is 11.9. The molecule has 140 valence electrons. The van der Waals surface area contributed by atoms with Gasteiger partial charge in [-0.2, -0.15) is 0 Å². The first-order valence-corrected chi connectivity index (χ1v) is 9.19. The molecule has 0 N–H and O–H groups in total. The maximum absolute atomic E-state index is 11.9. The summed E-state index contributed by atoms with van der Waals surface area (Å²) in [6, 6.07) is 8.82. The van der Waals surface area contributed by atoms with E-state index in [1.807, 2.05) is 6.07 Å². The molecule has 0 saturated carbocycles. The molecule has 0 radical (unpaired) electrons. The summed E-state index contributed by atoms with van der Waals surface area (Å²) in [6.07, 6.45) is 7.20. The minimum atomic E-state index is -0.374. The molecule has 0 bridgehead atoms. The van der Waals surface area contributed by atoms with Crippen LogP contribution in [0.25, 0.3) is 0 Å². The van der Waals surface area contributed by atoms with Crippen LogP contribution in [-0.2, 0) is 14.3 Å². The van der Waals surface area contributed by atoms with Crippen molar-refractivity contribution < 1.29 is 19.1 Å². The van der Waals surface area contributed by atoms with Gasteiger partial charge in [-0.15, -0.1) is 0 Å². The monoisotopic (exact) mass is 349 g/mol. The number of unbranched alkanes of at least 4 members (excludes halogenated alkanes) is 5. The molecule has 0 aliphatic carbocycles. The van der Waals surface area contributed by atoms with Crippen molar-refractivity contribution in [3.05, 3.63) is 35.9 Å². The number of benzene rings is 1. The average Bonchev–Trinajstić information content (AvgIpc) is 2.64. The number of hydrogen-bond acceptors (Lipinski definition) is 4. The number of rotatable bonds is 13. The summed E-state index contributed by atoms with van der Waals surface area (Å²) in [5.41, 5.74) is 0.513. The van der Waals surface area contributed by atoms with Crippen LogP contribution in [0.1, 0.15) is 55.8 Å². The summed E-state index contributed by atoms with van der Waals surface area (Å²) in [5.74, 6) is -0.470. The quantitative estimate of drug-likeness (QED) is 0.403. The first-order chi connectivity index (χ1) is 12.1. The Kier molecular flexibility index (Phi) is 11.4. The number of carbonyl (C=O) groups excluding carboxylic acids is 2. The van der Waals surface area contributed by atoms with Gasteiger partial charge in [-0.25, -0.2) is 4.79 Å². The van der Waals surface area contributed by atoms with Crippen molar-refractivity contribution in [3.63, 3.8) is 0 Å². The van der Waals surface area contributed by atoms with Gasteiger partial charge in [0.05, 0.1) is 12.1 Å². The predicted octanol–water partition coefficient (Wildman–Crippen LogP) is 3.68. The van der Waals surface area contributed by atoms with Gasteiger partial charge in [0.25, 0.3) is 0 Å². The molecule has 0 spiro atoms. The number of likely N-dealkylation sites (N-methyl/N-ethyl adjacent to an activating group) is 1.